The van der Waals surface area contributed by atoms with Gasteiger partial charge in [0.25, 0.3) is 0 Å². The van der Waals surface area contributed by atoms with E-state index in [0.717, 1.165) is 24.2 Å². The van der Waals surface area contributed by atoms with Crippen LogP contribution in [0.1, 0.15) is 45.5 Å². The number of rotatable bonds is 5. The summed E-state index contributed by atoms with van der Waals surface area (Å²) in [5.41, 5.74) is 1.66. The second-order valence-electron chi connectivity index (χ2n) is 6.48. The van der Waals surface area contributed by atoms with Gasteiger partial charge in [-0.15, -0.1) is 0 Å². The number of amides is 2. The number of aryl methyl sites for hydroxylation is 1. The Hall–Kier alpha value is -1.56. The van der Waals surface area contributed by atoms with Crippen molar-refractivity contribution in [2.75, 3.05) is 7.11 Å². The van der Waals surface area contributed by atoms with Crippen LogP contribution in [0.2, 0.25) is 0 Å². The van der Waals surface area contributed by atoms with Crippen LogP contribution in [0, 0.1) is 5.41 Å². The molecule has 0 spiro atoms. The van der Waals surface area contributed by atoms with Crippen molar-refractivity contribution in [3.63, 3.8) is 0 Å². The fourth-order valence-corrected chi connectivity index (χ4v) is 2.79. The van der Waals surface area contributed by atoms with E-state index in [1.807, 2.05) is 13.0 Å². The Morgan fingerprint density at radius 3 is 2.76 bits per heavy atom. The van der Waals surface area contributed by atoms with Gasteiger partial charge in [-0.2, -0.15) is 5.10 Å². The van der Waals surface area contributed by atoms with Crippen LogP contribution in [0.3, 0.4) is 0 Å². The minimum atomic E-state index is -0.176. The van der Waals surface area contributed by atoms with E-state index in [9.17, 15) is 4.79 Å². The number of carbonyl (C=O) groups is 1. The maximum Gasteiger partial charge on any atom is 0.315 e. The zero-order valence-corrected chi connectivity index (χ0v) is 13.5. The molecule has 0 aromatic carbocycles. The summed E-state index contributed by atoms with van der Waals surface area (Å²) in [6, 6.07) is 1.93. The fourth-order valence-electron chi connectivity index (χ4n) is 2.79. The van der Waals surface area contributed by atoms with E-state index in [2.05, 4.69) is 41.6 Å². The molecule has 2 atom stereocenters. The highest BCUT2D eigenvalue weighted by Crippen LogP contribution is 2.51. The van der Waals surface area contributed by atoms with Crippen LogP contribution in [0.15, 0.2) is 6.07 Å². The standard InChI is InChI=1S/C15H26N4O2/c1-6-10-7-11(19-18-10)9-16-13(20)17-12-8-15(4,21-5)14(12,2)3/h7,12H,6,8-9H2,1-5H3,(H,18,19)(H2,16,17,20)/t12-,15+/m1/s1. The number of aromatic amines is 1. The van der Waals surface area contributed by atoms with Crippen molar-refractivity contribution < 1.29 is 9.53 Å². The molecular formula is C15H26N4O2. The number of carbonyl (C=O) groups excluding carboxylic acids is 1. The van der Waals surface area contributed by atoms with Gasteiger partial charge < -0.3 is 15.4 Å². The van der Waals surface area contributed by atoms with Crippen LogP contribution in [0.25, 0.3) is 0 Å². The lowest BCUT2D eigenvalue weighted by Crippen LogP contribution is -2.69. The number of hydrogen-bond donors (Lipinski definition) is 3. The molecule has 0 unspecified atom stereocenters. The third kappa shape index (κ3) is 2.90. The molecule has 118 valence electrons. The third-order valence-electron chi connectivity index (χ3n) is 5.07. The maximum absolute atomic E-state index is 12.0. The van der Waals surface area contributed by atoms with Gasteiger partial charge in [0, 0.05) is 18.6 Å². The summed E-state index contributed by atoms with van der Waals surface area (Å²) in [6.45, 7) is 8.82. The third-order valence-corrected chi connectivity index (χ3v) is 5.07. The van der Waals surface area contributed by atoms with Gasteiger partial charge in [0.05, 0.1) is 23.5 Å². The molecule has 1 fully saturated rings. The Bertz CT molecular complexity index is 512. The predicted octanol–water partition coefficient (Wildman–Crippen LogP) is 1.97. The summed E-state index contributed by atoms with van der Waals surface area (Å²) in [5.74, 6) is 0. The van der Waals surface area contributed by atoms with Gasteiger partial charge in [0.15, 0.2) is 0 Å². The van der Waals surface area contributed by atoms with Gasteiger partial charge in [0.2, 0.25) is 0 Å². The van der Waals surface area contributed by atoms with Crippen molar-refractivity contribution in [2.45, 2.75) is 58.7 Å². The van der Waals surface area contributed by atoms with Crippen LogP contribution in [-0.2, 0) is 17.7 Å². The van der Waals surface area contributed by atoms with Gasteiger partial charge >= 0.3 is 6.03 Å². The van der Waals surface area contributed by atoms with Crippen LogP contribution >= 0.6 is 0 Å². The molecule has 6 nitrogen and oxygen atoms in total. The molecule has 1 aliphatic carbocycles. The number of urea groups is 1. The van der Waals surface area contributed by atoms with E-state index in [-0.39, 0.29) is 23.1 Å². The van der Waals surface area contributed by atoms with Gasteiger partial charge in [-0.05, 0) is 25.8 Å². The van der Waals surface area contributed by atoms with Gasteiger partial charge in [-0.25, -0.2) is 4.79 Å². The molecule has 1 aliphatic rings. The number of hydrogen-bond acceptors (Lipinski definition) is 3. The van der Waals surface area contributed by atoms with Crippen molar-refractivity contribution >= 4 is 6.03 Å². The summed E-state index contributed by atoms with van der Waals surface area (Å²) in [5, 5.41) is 12.9. The maximum atomic E-state index is 12.0. The summed E-state index contributed by atoms with van der Waals surface area (Å²) in [6.07, 6.45) is 1.71. The average molecular weight is 294 g/mol. The van der Waals surface area contributed by atoms with Crippen LogP contribution in [0.5, 0.6) is 0 Å². The van der Waals surface area contributed by atoms with Crippen molar-refractivity contribution in [3.05, 3.63) is 17.5 Å². The zero-order valence-electron chi connectivity index (χ0n) is 13.5. The Labute approximate surface area is 126 Å². The molecule has 21 heavy (non-hydrogen) atoms. The Morgan fingerprint density at radius 1 is 1.52 bits per heavy atom. The minimum Gasteiger partial charge on any atom is -0.378 e. The Morgan fingerprint density at radius 2 is 2.24 bits per heavy atom. The van der Waals surface area contributed by atoms with E-state index in [1.165, 1.54) is 0 Å². The largest absolute Gasteiger partial charge is 0.378 e. The lowest BCUT2D eigenvalue weighted by molar-refractivity contribution is -0.177. The second-order valence-corrected chi connectivity index (χ2v) is 6.48. The van der Waals surface area contributed by atoms with Crippen molar-refractivity contribution in [3.8, 4) is 0 Å². The summed E-state index contributed by atoms with van der Waals surface area (Å²) in [7, 11) is 1.72. The fraction of sp³-hybridized carbons (Fsp3) is 0.733. The first kappa shape index (κ1) is 15.8. The van der Waals surface area contributed by atoms with Gasteiger partial charge in [0.1, 0.15) is 0 Å². The molecule has 0 aliphatic heterocycles. The number of H-pyrrole nitrogens is 1. The molecule has 0 radical (unpaired) electrons. The molecule has 1 saturated carbocycles. The van der Waals surface area contributed by atoms with Crippen molar-refractivity contribution in [1.29, 1.82) is 0 Å². The number of aromatic nitrogens is 2. The monoisotopic (exact) mass is 294 g/mol. The average Bonchev–Trinajstić information content (AvgIpc) is 2.92. The summed E-state index contributed by atoms with van der Waals surface area (Å²) >= 11 is 0. The van der Waals surface area contributed by atoms with E-state index in [0.29, 0.717) is 6.54 Å². The highest BCUT2D eigenvalue weighted by Gasteiger charge is 2.58. The first-order chi connectivity index (χ1) is 9.82. The smallest absolute Gasteiger partial charge is 0.315 e. The van der Waals surface area contributed by atoms with E-state index >= 15 is 0 Å². The van der Waals surface area contributed by atoms with E-state index in [4.69, 9.17) is 4.74 Å². The molecule has 6 heteroatoms. The number of ether oxygens (including phenoxy) is 1. The Kier molecular flexibility index (Phi) is 4.27. The zero-order chi connectivity index (χ0) is 15.7. The van der Waals surface area contributed by atoms with E-state index < -0.39 is 0 Å². The van der Waals surface area contributed by atoms with Gasteiger partial charge in [-0.3, -0.25) is 5.10 Å². The van der Waals surface area contributed by atoms with Crippen molar-refractivity contribution in [1.82, 2.24) is 20.8 Å². The summed E-state index contributed by atoms with van der Waals surface area (Å²) in [4.78, 5) is 12.0. The van der Waals surface area contributed by atoms with Crippen LogP contribution < -0.4 is 10.6 Å². The molecule has 3 N–H and O–H groups in total. The summed E-state index contributed by atoms with van der Waals surface area (Å²) < 4.78 is 5.56. The highest BCUT2D eigenvalue weighted by atomic mass is 16.5. The predicted molar refractivity (Wildman–Crippen MR) is 80.9 cm³/mol. The normalized spacial score (nSPS) is 27.0. The molecule has 0 saturated heterocycles. The number of nitrogens with one attached hydrogen (secondary N) is 3. The van der Waals surface area contributed by atoms with Crippen LogP contribution in [0.4, 0.5) is 4.79 Å². The topological polar surface area (TPSA) is 79.0 Å². The molecule has 2 rings (SSSR count). The Balaban J connectivity index is 1.81. The number of methoxy groups -OCH3 is 1. The highest BCUT2D eigenvalue weighted by molar-refractivity contribution is 5.74. The lowest BCUT2D eigenvalue weighted by Gasteiger charge is -2.59. The molecule has 1 aromatic heterocycles. The number of nitrogens with zero attached hydrogens (tertiary/aromatic N) is 1. The SMILES string of the molecule is CCc1cc(CNC(=O)N[C@@H]2C[C@](C)(OC)C2(C)C)[nH]n1. The molecule has 0 bridgehead atoms. The quantitative estimate of drug-likeness (QED) is 0.777. The molecule has 1 aromatic rings. The molecular weight excluding hydrogens is 268 g/mol. The minimum absolute atomic E-state index is 0.0809. The molecule has 1 heterocycles. The first-order valence-electron chi connectivity index (χ1n) is 7.45. The first-order valence-corrected chi connectivity index (χ1v) is 7.45. The van der Waals surface area contributed by atoms with Gasteiger partial charge in [-0.1, -0.05) is 20.8 Å². The van der Waals surface area contributed by atoms with E-state index in [1.54, 1.807) is 7.11 Å². The lowest BCUT2D eigenvalue weighted by atomic mass is 9.56. The van der Waals surface area contributed by atoms with Crippen LogP contribution in [-0.4, -0.2) is 35.0 Å². The second kappa shape index (κ2) is 5.67. The molecule has 2 amide bonds. The van der Waals surface area contributed by atoms with Crippen molar-refractivity contribution in [2.24, 2.45) is 5.41 Å².